The van der Waals surface area contributed by atoms with Gasteiger partial charge in [0.2, 0.25) is 5.91 Å². The van der Waals surface area contributed by atoms with Crippen molar-refractivity contribution >= 4 is 23.5 Å². The Morgan fingerprint density at radius 1 is 1.33 bits per heavy atom. The van der Waals surface area contributed by atoms with Crippen LogP contribution in [0, 0.1) is 5.92 Å². The Balaban J connectivity index is 1.59. The van der Waals surface area contributed by atoms with Gasteiger partial charge in [0, 0.05) is 44.3 Å². The van der Waals surface area contributed by atoms with Crippen molar-refractivity contribution in [2.75, 3.05) is 18.0 Å². The summed E-state index contributed by atoms with van der Waals surface area (Å²) in [5.74, 6) is 1.10. The molecule has 3 heterocycles. The van der Waals surface area contributed by atoms with Crippen molar-refractivity contribution in [3.63, 3.8) is 0 Å². The molecule has 1 N–H and O–H groups in total. The van der Waals surface area contributed by atoms with Crippen LogP contribution in [0.15, 0.2) is 11.1 Å². The molecule has 0 spiro atoms. The van der Waals surface area contributed by atoms with Crippen LogP contribution in [0.4, 0.5) is 10.6 Å². The maximum Gasteiger partial charge on any atom is 0.347 e. The molecule has 3 aliphatic rings. The second-order valence-electron chi connectivity index (χ2n) is 5.97. The average molecular weight is 287 g/mol. The number of piperidine rings is 1. The number of hydrogen-bond acceptors (Lipinski definition) is 4. The molecule has 1 aromatic rings. The second-order valence-corrected chi connectivity index (χ2v) is 5.97. The van der Waals surface area contributed by atoms with E-state index in [1.54, 1.807) is 0 Å². The van der Waals surface area contributed by atoms with Gasteiger partial charge >= 0.3 is 6.03 Å². The molecule has 2 aliphatic heterocycles. The molecule has 3 amide bonds. The summed E-state index contributed by atoms with van der Waals surface area (Å²) in [5.41, 5.74) is 1.86. The van der Waals surface area contributed by atoms with Gasteiger partial charge in [0.1, 0.15) is 5.82 Å². The van der Waals surface area contributed by atoms with Gasteiger partial charge in [-0.15, -0.1) is 0 Å². The molecule has 2 fully saturated rings. The fourth-order valence-corrected chi connectivity index (χ4v) is 3.12. The lowest BCUT2D eigenvalue weighted by atomic mass is 9.93. The fraction of sp³-hybridized carbons (Fsp3) is 0.571. The molecule has 1 aliphatic carbocycles. The normalized spacial score (nSPS) is 25.5. The number of rotatable bonds is 2. The number of anilines is 1. The minimum atomic E-state index is -0.531. The molecule has 1 aromatic heterocycles. The largest absolute Gasteiger partial charge is 0.355 e. The topological polar surface area (TPSA) is 79.6 Å². The first-order valence-electron chi connectivity index (χ1n) is 7.33. The number of nitrogens with one attached hydrogen (secondary N) is 1. The van der Waals surface area contributed by atoms with Gasteiger partial charge in [-0.2, -0.15) is 5.10 Å². The van der Waals surface area contributed by atoms with E-state index < -0.39 is 6.03 Å². The van der Waals surface area contributed by atoms with Crippen LogP contribution in [-0.2, 0) is 11.8 Å². The van der Waals surface area contributed by atoms with Crippen LogP contribution >= 0.6 is 0 Å². The lowest BCUT2D eigenvalue weighted by Gasteiger charge is -2.35. The van der Waals surface area contributed by atoms with Crippen LogP contribution in [0.3, 0.4) is 0 Å². The van der Waals surface area contributed by atoms with E-state index in [0.29, 0.717) is 24.6 Å². The molecule has 0 aromatic carbocycles. The molecular formula is C14H17N5O2. The van der Waals surface area contributed by atoms with Gasteiger partial charge in [-0.25, -0.2) is 9.79 Å². The molecule has 4 rings (SSSR count). The summed E-state index contributed by atoms with van der Waals surface area (Å²) in [4.78, 5) is 29.3. The highest BCUT2D eigenvalue weighted by molar-refractivity contribution is 6.17. The molecule has 1 unspecified atom stereocenters. The Labute approximate surface area is 122 Å². The minimum absolute atomic E-state index is 0.237. The van der Waals surface area contributed by atoms with Gasteiger partial charge in [0.15, 0.2) is 0 Å². The SMILES string of the molecule is Cn1nc(C2CC2)cc1N1CCC2=NC(=O)NC(=O)C2C1. The highest BCUT2D eigenvalue weighted by Crippen LogP contribution is 2.40. The molecule has 0 radical (unpaired) electrons. The zero-order valence-corrected chi connectivity index (χ0v) is 11.9. The van der Waals surface area contributed by atoms with E-state index in [1.165, 1.54) is 12.8 Å². The third kappa shape index (κ3) is 2.12. The second kappa shape index (κ2) is 4.41. The van der Waals surface area contributed by atoms with Crippen molar-refractivity contribution in [2.45, 2.75) is 25.2 Å². The monoisotopic (exact) mass is 287 g/mol. The number of urea groups is 1. The van der Waals surface area contributed by atoms with E-state index in [9.17, 15) is 9.59 Å². The van der Waals surface area contributed by atoms with Crippen molar-refractivity contribution in [3.05, 3.63) is 11.8 Å². The van der Waals surface area contributed by atoms with Crippen molar-refractivity contribution in [3.8, 4) is 0 Å². The maximum atomic E-state index is 12.0. The third-order valence-electron chi connectivity index (χ3n) is 4.43. The molecule has 0 bridgehead atoms. The van der Waals surface area contributed by atoms with Gasteiger partial charge < -0.3 is 4.90 Å². The van der Waals surface area contributed by atoms with Gasteiger partial charge in [-0.3, -0.25) is 14.8 Å². The zero-order chi connectivity index (χ0) is 14.6. The predicted octanol–water partition coefficient (Wildman–Crippen LogP) is 0.815. The highest BCUT2D eigenvalue weighted by Gasteiger charge is 2.37. The van der Waals surface area contributed by atoms with Gasteiger partial charge in [-0.1, -0.05) is 0 Å². The van der Waals surface area contributed by atoms with Crippen LogP contribution < -0.4 is 10.2 Å². The van der Waals surface area contributed by atoms with Crippen molar-refractivity contribution in [1.82, 2.24) is 15.1 Å². The first-order chi connectivity index (χ1) is 10.1. The highest BCUT2D eigenvalue weighted by atomic mass is 16.2. The van der Waals surface area contributed by atoms with E-state index >= 15 is 0 Å². The van der Waals surface area contributed by atoms with E-state index in [1.807, 2.05) is 11.7 Å². The average Bonchev–Trinajstić information content (AvgIpc) is 3.22. The smallest absolute Gasteiger partial charge is 0.347 e. The van der Waals surface area contributed by atoms with Gasteiger partial charge in [-0.05, 0) is 12.8 Å². The summed E-state index contributed by atoms with van der Waals surface area (Å²) in [6.07, 6.45) is 3.09. The van der Waals surface area contributed by atoms with Gasteiger partial charge in [0.25, 0.3) is 0 Å². The van der Waals surface area contributed by atoms with Crippen molar-refractivity contribution < 1.29 is 9.59 Å². The van der Waals surface area contributed by atoms with Crippen LogP contribution in [-0.4, -0.2) is 40.5 Å². The quantitative estimate of drug-likeness (QED) is 0.873. The number of aliphatic imine (C=N–C) groups is 1. The number of amides is 3. The van der Waals surface area contributed by atoms with Crippen molar-refractivity contribution in [2.24, 2.45) is 18.0 Å². The van der Waals surface area contributed by atoms with Gasteiger partial charge in [0.05, 0.1) is 11.6 Å². The minimum Gasteiger partial charge on any atom is -0.355 e. The number of carbonyl (C=O) groups is 2. The molecule has 1 atom stereocenters. The van der Waals surface area contributed by atoms with Crippen molar-refractivity contribution in [1.29, 1.82) is 0 Å². The standard InChI is InChI=1S/C14H17N5O2/c1-18-12(6-11(17-18)8-2-3-8)19-5-4-10-9(7-19)13(20)16-14(21)15-10/h6,8-9H,2-5,7H2,1H3,(H,16,20,21). The molecule has 21 heavy (non-hydrogen) atoms. The summed E-state index contributed by atoms with van der Waals surface area (Å²) in [6, 6.07) is 1.60. The Morgan fingerprint density at radius 2 is 2.14 bits per heavy atom. The number of aryl methyl sites for hydroxylation is 1. The molecule has 7 heteroatoms. The lowest BCUT2D eigenvalue weighted by Crippen LogP contribution is -2.52. The summed E-state index contributed by atoms with van der Waals surface area (Å²) in [5, 5.41) is 6.86. The Morgan fingerprint density at radius 3 is 2.90 bits per heavy atom. The summed E-state index contributed by atoms with van der Waals surface area (Å²) >= 11 is 0. The zero-order valence-electron chi connectivity index (χ0n) is 11.9. The number of hydrogen-bond donors (Lipinski definition) is 1. The van der Waals surface area contributed by atoms with Crippen LogP contribution in [0.25, 0.3) is 0 Å². The van der Waals surface area contributed by atoms with Crippen LogP contribution in [0.1, 0.15) is 30.9 Å². The molecular weight excluding hydrogens is 270 g/mol. The number of nitrogens with zero attached hydrogens (tertiary/aromatic N) is 4. The predicted molar refractivity (Wildman–Crippen MR) is 76.5 cm³/mol. The van der Waals surface area contributed by atoms with E-state index in [-0.39, 0.29) is 11.8 Å². The number of imide groups is 1. The van der Waals surface area contributed by atoms with Crippen LogP contribution in [0.5, 0.6) is 0 Å². The number of fused-ring (bicyclic) bond motifs is 1. The Kier molecular flexibility index (Phi) is 2.63. The lowest BCUT2D eigenvalue weighted by molar-refractivity contribution is -0.122. The first-order valence-corrected chi connectivity index (χ1v) is 7.33. The summed E-state index contributed by atoms with van der Waals surface area (Å²) in [6.45, 7) is 1.32. The number of carbonyl (C=O) groups excluding carboxylic acids is 2. The molecule has 110 valence electrons. The van der Waals surface area contributed by atoms with E-state index in [4.69, 9.17) is 0 Å². The Bertz CT molecular complexity index is 658. The van der Waals surface area contributed by atoms with Crippen LogP contribution in [0.2, 0.25) is 0 Å². The Hall–Kier alpha value is -2.18. The third-order valence-corrected chi connectivity index (χ3v) is 4.43. The molecule has 1 saturated carbocycles. The summed E-state index contributed by atoms with van der Waals surface area (Å²) in [7, 11) is 1.94. The van der Waals surface area contributed by atoms with E-state index in [0.717, 1.165) is 18.1 Å². The number of aromatic nitrogens is 2. The summed E-state index contributed by atoms with van der Waals surface area (Å²) < 4.78 is 1.89. The van der Waals surface area contributed by atoms with E-state index in [2.05, 4.69) is 26.4 Å². The first kappa shape index (κ1) is 12.6. The molecule has 1 saturated heterocycles. The fourth-order valence-electron chi connectivity index (χ4n) is 3.12. The molecule has 7 nitrogen and oxygen atoms in total. The maximum absolute atomic E-state index is 12.0.